The van der Waals surface area contributed by atoms with Crippen molar-refractivity contribution in [3.8, 4) is 0 Å². The third-order valence-corrected chi connectivity index (χ3v) is 0. The quantitative estimate of drug-likeness (QED) is 0.471. The van der Waals surface area contributed by atoms with Crippen LogP contribution >= 0.6 is 0 Å². The van der Waals surface area contributed by atoms with Crippen LogP contribution in [0.15, 0.2) is 12.7 Å². The standard InChI is InChI=1S/C3H6.O.Zr/c1-3-2;;/h3H,1H2,2H3;;. The number of rotatable bonds is 0. The van der Waals surface area contributed by atoms with Crippen molar-refractivity contribution in [3.63, 3.8) is 0 Å². The van der Waals surface area contributed by atoms with Gasteiger partial charge in [-0.3, -0.25) is 0 Å². The summed E-state index contributed by atoms with van der Waals surface area (Å²) in [6, 6.07) is 0. The Bertz CT molecular complexity index is 20.9. The zero-order chi connectivity index (χ0) is 4.71. The third kappa shape index (κ3) is 145. The summed E-state index contributed by atoms with van der Waals surface area (Å²) in [5, 5.41) is 0. The van der Waals surface area contributed by atoms with Gasteiger partial charge in [0.15, 0.2) is 0 Å². The Labute approximate surface area is 47.4 Å². The summed E-state index contributed by atoms with van der Waals surface area (Å²) < 4.78 is 8.34. The van der Waals surface area contributed by atoms with Crippen LogP contribution < -0.4 is 0 Å². The minimum absolute atomic E-state index is 0.300. The number of hydrogen-bond donors (Lipinski definition) is 0. The van der Waals surface area contributed by atoms with Crippen LogP contribution in [0.5, 0.6) is 0 Å². The molecule has 5 heavy (non-hydrogen) atoms. The summed E-state index contributed by atoms with van der Waals surface area (Å²) in [6.45, 7) is 5.25. The molecule has 0 unspecified atom stereocenters. The first-order valence-electron chi connectivity index (χ1n) is 1.19. The molecule has 0 fully saturated rings. The van der Waals surface area contributed by atoms with Crippen LogP contribution in [0, 0.1) is 0 Å². The molecule has 0 atom stereocenters. The number of allylic oxidation sites excluding steroid dienone is 1. The van der Waals surface area contributed by atoms with Gasteiger partial charge in [0, 0.05) is 0 Å². The summed E-state index contributed by atoms with van der Waals surface area (Å²) in [6.07, 6.45) is 1.75. The molecule has 0 radical (unpaired) electrons. The van der Waals surface area contributed by atoms with E-state index >= 15 is 0 Å². The van der Waals surface area contributed by atoms with Gasteiger partial charge in [0.1, 0.15) is 0 Å². The van der Waals surface area contributed by atoms with Crippen molar-refractivity contribution in [1.82, 2.24) is 0 Å². The van der Waals surface area contributed by atoms with E-state index in [4.69, 9.17) is 2.81 Å². The summed E-state index contributed by atoms with van der Waals surface area (Å²) in [5.41, 5.74) is 0. The first-order valence-corrected chi connectivity index (χ1v) is 2.19. The van der Waals surface area contributed by atoms with Crippen LogP contribution in [0.25, 0.3) is 0 Å². The Morgan fingerprint density at radius 1 is 1.80 bits per heavy atom. The zero-order valence-corrected chi connectivity index (χ0v) is 5.65. The fourth-order valence-corrected chi connectivity index (χ4v) is 0. The Morgan fingerprint density at radius 3 is 1.80 bits per heavy atom. The third-order valence-electron chi connectivity index (χ3n) is 0. The second-order valence-corrected chi connectivity index (χ2v) is 0.408. The van der Waals surface area contributed by atoms with Crippen LogP contribution in [-0.4, -0.2) is 0 Å². The predicted molar refractivity (Wildman–Crippen MR) is 16.6 cm³/mol. The predicted octanol–water partition coefficient (Wildman–Crippen LogP) is 1.07. The van der Waals surface area contributed by atoms with Crippen molar-refractivity contribution < 1.29 is 27.5 Å². The van der Waals surface area contributed by atoms with E-state index < -0.39 is 0 Å². The monoisotopic (exact) mass is 148 g/mol. The van der Waals surface area contributed by atoms with Crippen LogP contribution in [0.4, 0.5) is 0 Å². The van der Waals surface area contributed by atoms with E-state index in [0.29, 0.717) is 24.7 Å². The molecule has 0 aliphatic rings. The molecule has 0 bridgehead atoms. The average molecular weight is 149 g/mol. The molecule has 0 aliphatic carbocycles. The van der Waals surface area contributed by atoms with Gasteiger partial charge in [-0.1, -0.05) is 6.08 Å². The second-order valence-electron chi connectivity index (χ2n) is 0.408. The molecule has 0 spiro atoms. The Kier molecular flexibility index (Phi) is 46.3. The van der Waals surface area contributed by atoms with Gasteiger partial charge >= 0.3 is 27.5 Å². The molecule has 0 N–H and O–H groups in total. The molecule has 0 aromatic carbocycles. The summed E-state index contributed by atoms with van der Waals surface area (Å²) in [4.78, 5) is 0. The van der Waals surface area contributed by atoms with E-state index in [1.807, 2.05) is 6.92 Å². The van der Waals surface area contributed by atoms with Gasteiger partial charge in [0.2, 0.25) is 0 Å². The fraction of sp³-hybridized carbons (Fsp3) is 0.333. The second kappa shape index (κ2) is 25.6. The molecule has 0 amide bonds. The van der Waals surface area contributed by atoms with Crippen molar-refractivity contribution in [2.75, 3.05) is 0 Å². The molecule has 1 nitrogen and oxygen atoms in total. The van der Waals surface area contributed by atoms with Crippen molar-refractivity contribution in [1.29, 1.82) is 0 Å². The Hall–Kier alpha value is 0.423. The van der Waals surface area contributed by atoms with E-state index in [9.17, 15) is 0 Å². The van der Waals surface area contributed by atoms with Gasteiger partial charge in [-0.05, 0) is 6.92 Å². The molecule has 28 valence electrons. The zero-order valence-electron chi connectivity index (χ0n) is 3.19. The Morgan fingerprint density at radius 2 is 1.80 bits per heavy atom. The van der Waals surface area contributed by atoms with E-state index in [2.05, 4.69) is 6.58 Å². The summed E-state index contributed by atoms with van der Waals surface area (Å²) >= 11 is 0.300. The first kappa shape index (κ1) is 9.05. The fourth-order valence-electron chi connectivity index (χ4n) is 0. The van der Waals surface area contributed by atoms with Gasteiger partial charge in [-0.15, -0.1) is 6.58 Å². The van der Waals surface area contributed by atoms with Crippen LogP contribution in [0.1, 0.15) is 6.92 Å². The van der Waals surface area contributed by atoms with Crippen molar-refractivity contribution >= 4 is 0 Å². The molecule has 0 aliphatic heterocycles. The topological polar surface area (TPSA) is 17.1 Å². The average Bonchev–Trinajstić information content (AvgIpc) is 1.46. The first-order chi connectivity index (χ1) is 2.41. The van der Waals surface area contributed by atoms with Crippen LogP contribution in [0.2, 0.25) is 0 Å². The van der Waals surface area contributed by atoms with Crippen molar-refractivity contribution in [2.45, 2.75) is 6.92 Å². The molecule has 0 aromatic heterocycles. The van der Waals surface area contributed by atoms with Gasteiger partial charge in [-0.25, -0.2) is 0 Å². The van der Waals surface area contributed by atoms with E-state index in [0.717, 1.165) is 0 Å². The van der Waals surface area contributed by atoms with Gasteiger partial charge in [0.25, 0.3) is 0 Å². The van der Waals surface area contributed by atoms with Gasteiger partial charge in [0.05, 0.1) is 0 Å². The summed E-state index contributed by atoms with van der Waals surface area (Å²) in [7, 11) is 0. The normalized spacial score (nSPS) is 3.20. The van der Waals surface area contributed by atoms with Crippen molar-refractivity contribution in [3.05, 3.63) is 12.7 Å². The maximum absolute atomic E-state index is 8.34. The molecule has 0 saturated carbocycles. The SMILES string of the molecule is C=CC.[O]=[Zr]. The van der Waals surface area contributed by atoms with Crippen LogP contribution in [0.3, 0.4) is 0 Å². The minimum atomic E-state index is 0.300. The molecule has 2 heteroatoms. The Balaban J connectivity index is 0. The molecule has 0 rings (SSSR count). The van der Waals surface area contributed by atoms with E-state index in [-0.39, 0.29) is 0 Å². The molecular weight excluding hydrogens is 143 g/mol. The summed E-state index contributed by atoms with van der Waals surface area (Å²) in [5.74, 6) is 0. The molecule has 0 aromatic rings. The molecule has 0 saturated heterocycles. The molecule has 0 heterocycles. The molecular formula is C3H6OZr. The van der Waals surface area contributed by atoms with Crippen molar-refractivity contribution in [2.24, 2.45) is 0 Å². The maximum atomic E-state index is 8.34. The number of hydrogen-bond acceptors (Lipinski definition) is 1. The van der Waals surface area contributed by atoms with Gasteiger partial charge in [-0.2, -0.15) is 0 Å². The van der Waals surface area contributed by atoms with Crippen LogP contribution in [-0.2, 0) is 27.5 Å². The van der Waals surface area contributed by atoms with E-state index in [1.165, 1.54) is 0 Å². The van der Waals surface area contributed by atoms with E-state index in [1.54, 1.807) is 6.08 Å². The van der Waals surface area contributed by atoms with Gasteiger partial charge < -0.3 is 0 Å².